The normalized spacial score (nSPS) is 18.9. The highest BCUT2D eigenvalue weighted by Crippen LogP contribution is 2.30. The van der Waals surface area contributed by atoms with Crippen molar-refractivity contribution in [3.63, 3.8) is 0 Å². The molecule has 1 atom stereocenters. The van der Waals surface area contributed by atoms with E-state index in [2.05, 4.69) is 16.0 Å². The molecular formula is C10H17N3. The Morgan fingerprint density at radius 1 is 1.69 bits per heavy atom. The Kier molecular flexibility index (Phi) is 2.36. The van der Waals surface area contributed by atoms with E-state index in [1.807, 2.05) is 13.1 Å². The van der Waals surface area contributed by atoms with E-state index < -0.39 is 0 Å². The van der Waals surface area contributed by atoms with Gasteiger partial charge < -0.3 is 5.73 Å². The topological polar surface area (TPSA) is 43.8 Å². The molecule has 72 valence electrons. The van der Waals surface area contributed by atoms with E-state index in [4.69, 9.17) is 5.73 Å². The molecule has 0 spiro atoms. The predicted octanol–water partition coefficient (Wildman–Crippen LogP) is 1.18. The first-order valence-electron chi connectivity index (χ1n) is 5.01. The van der Waals surface area contributed by atoms with E-state index >= 15 is 0 Å². The zero-order valence-electron chi connectivity index (χ0n) is 8.11. The van der Waals surface area contributed by atoms with Gasteiger partial charge in [-0.3, -0.25) is 4.68 Å². The van der Waals surface area contributed by atoms with Crippen molar-refractivity contribution >= 4 is 0 Å². The first-order valence-corrected chi connectivity index (χ1v) is 5.01. The second-order valence-corrected chi connectivity index (χ2v) is 4.20. The molecule has 3 heteroatoms. The molecule has 1 aromatic rings. The van der Waals surface area contributed by atoms with Gasteiger partial charge in [0.05, 0.1) is 6.20 Å². The van der Waals surface area contributed by atoms with Crippen LogP contribution < -0.4 is 5.73 Å². The molecule has 0 radical (unpaired) electrons. The third-order valence-electron chi connectivity index (χ3n) is 2.39. The van der Waals surface area contributed by atoms with Gasteiger partial charge in [0.25, 0.3) is 0 Å². The minimum atomic E-state index is 0.235. The zero-order chi connectivity index (χ0) is 9.26. The Morgan fingerprint density at radius 3 is 3.08 bits per heavy atom. The summed E-state index contributed by atoms with van der Waals surface area (Å²) >= 11 is 0. The fourth-order valence-electron chi connectivity index (χ4n) is 1.55. The highest BCUT2D eigenvalue weighted by Gasteiger charge is 2.21. The molecule has 1 aliphatic carbocycles. The van der Waals surface area contributed by atoms with Crippen molar-refractivity contribution in [3.8, 4) is 0 Å². The molecule has 1 saturated carbocycles. The van der Waals surface area contributed by atoms with Crippen LogP contribution in [0.2, 0.25) is 0 Å². The second kappa shape index (κ2) is 3.50. The summed E-state index contributed by atoms with van der Waals surface area (Å²) in [7, 11) is 0. The number of nitrogens with zero attached hydrogens (tertiary/aromatic N) is 2. The lowest BCUT2D eigenvalue weighted by atomic mass is 10.1. The predicted molar refractivity (Wildman–Crippen MR) is 52.3 cm³/mol. The number of hydrogen-bond acceptors (Lipinski definition) is 2. The first-order chi connectivity index (χ1) is 6.24. The Balaban J connectivity index is 1.91. The summed E-state index contributed by atoms with van der Waals surface area (Å²) < 4.78 is 2.05. The standard InChI is InChI=1S/C10H17N3/c1-8(11)4-10-5-12-13(7-10)6-9-2-3-9/h5,7-9H,2-4,6,11H2,1H3. The SMILES string of the molecule is CC(N)Cc1cnn(CC2CC2)c1. The quantitative estimate of drug-likeness (QED) is 0.754. The van der Waals surface area contributed by atoms with E-state index in [0.29, 0.717) is 0 Å². The molecule has 1 fully saturated rings. The third kappa shape index (κ3) is 2.56. The van der Waals surface area contributed by atoms with Crippen LogP contribution in [-0.4, -0.2) is 15.8 Å². The molecule has 1 unspecified atom stereocenters. The molecule has 0 aromatic carbocycles. The number of aromatic nitrogens is 2. The molecule has 0 bridgehead atoms. The summed E-state index contributed by atoms with van der Waals surface area (Å²) in [6, 6.07) is 0.235. The van der Waals surface area contributed by atoms with Crippen molar-refractivity contribution in [1.82, 2.24) is 9.78 Å². The van der Waals surface area contributed by atoms with Gasteiger partial charge in [0, 0.05) is 18.8 Å². The van der Waals surface area contributed by atoms with Gasteiger partial charge in [0.1, 0.15) is 0 Å². The van der Waals surface area contributed by atoms with Crippen LogP contribution in [0, 0.1) is 5.92 Å². The number of hydrogen-bond donors (Lipinski definition) is 1. The van der Waals surface area contributed by atoms with Crippen molar-refractivity contribution in [2.24, 2.45) is 11.7 Å². The maximum Gasteiger partial charge on any atom is 0.0522 e. The van der Waals surface area contributed by atoms with E-state index in [1.165, 1.54) is 18.4 Å². The summed E-state index contributed by atoms with van der Waals surface area (Å²) in [5.74, 6) is 0.892. The lowest BCUT2D eigenvalue weighted by molar-refractivity contribution is 0.562. The van der Waals surface area contributed by atoms with Gasteiger partial charge in [0.15, 0.2) is 0 Å². The van der Waals surface area contributed by atoms with Crippen molar-refractivity contribution in [2.45, 2.75) is 38.8 Å². The Labute approximate surface area is 78.9 Å². The van der Waals surface area contributed by atoms with Gasteiger partial charge in [-0.25, -0.2) is 0 Å². The van der Waals surface area contributed by atoms with Crippen molar-refractivity contribution < 1.29 is 0 Å². The van der Waals surface area contributed by atoms with Gasteiger partial charge in [0.2, 0.25) is 0 Å². The third-order valence-corrected chi connectivity index (χ3v) is 2.39. The monoisotopic (exact) mass is 179 g/mol. The van der Waals surface area contributed by atoms with Crippen LogP contribution in [0.15, 0.2) is 12.4 Å². The van der Waals surface area contributed by atoms with Crippen LogP contribution in [-0.2, 0) is 13.0 Å². The van der Waals surface area contributed by atoms with Crippen molar-refractivity contribution in [1.29, 1.82) is 0 Å². The molecule has 1 heterocycles. The van der Waals surface area contributed by atoms with Gasteiger partial charge >= 0.3 is 0 Å². The van der Waals surface area contributed by atoms with E-state index in [9.17, 15) is 0 Å². The van der Waals surface area contributed by atoms with Crippen LogP contribution in [0.1, 0.15) is 25.3 Å². The van der Waals surface area contributed by atoms with Crippen molar-refractivity contribution in [3.05, 3.63) is 18.0 Å². The van der Waals surface area contributed by atoms with Crippen LogP contribution >= 0.6 is 0 Å². The Hall–Kier alpha value is -0.830. The molecule has 1 aromatic heterocycles. The van der Waals surface area contributed by atoms with Crippen molar-refractivity contribution in [2.75, 3.05) is 0 Å². The molecule has 0 aliphatic heterocycles. The maximum atomic E-state index is 5.71. The highest BCUT2D eigenvalue weighted by molar-refractivity contribution is 5.05. The molecule has 1 aliphatic rings. The average Bonchev–Trinajstić information content (AvgIpc) is 2.73. The van der Waals surface area contributed by atoms with Crippen LogP contribution in [0.5, 0.6) is 0 Å². The maximum absolute atomic E-state index is 5.71. The minimum absolute atomic E-state index is 0.235. The largest absolute Gasteiger partial charge is 0.328 e. The molecule has 3 nitrogen and oxygen atoms in total. The molecule has 0 amide bonds. The van der Waals surface area contributed by atoms with Crippen LogP contribution in [0.4, 0.5) is 0 Å². The first kappa shape index (κ1) is 8.75. The van der Waals surface area contributed by atoms with E-state index in [1.54, 1.807) is 0 Å². The molecular weight excluding hydrogens is 162 g/mol. The smallest absolute Gasteiger partial charge is 0.0522 e. The van der Waals surface area contributed by atoms with Gasteiger partial charge in [-0.05, 0) is 37.7 Å². The summed E-state index contributed by atoms with van der Waals surface area (Å²) in [6.07, 6.45) is 7.75. The minimum Gasteiger partial charge on any atom is -0.328 e. The molecule has 2 N–H and O–H groups in total. The molecule has 0 saturated heterocycles. The summed E-state index contributed by atoms with van der Waals surface area (Å²) in [5, 5.41) is 4.31. The lowest BCUT2D eigenvalue weighted by Crippen LogP contribution is -2.17. The second-order valence-electron chi connectivity index (χ2n) is 4.20. The lowest BCUT2D eigenvalue weighted by Gasteiger charge is -2.00. The van der Waals surface area contributed by atoms with Gasteiger partial charge in [-0.2, -0.15) is 5.10 Å². The average molecular weight is 179 g/mol. The molecule has 2 rings (SSSR count). The molecule has 13 heavy (non-hydrogen) atoms. The fraction of sp³-hybridized carbons (Fsp3) is 0.700. The zero-order valence-corrected chi connectivity index (χ0v) is 8.11. The number of nitrogens with two attached hydrogens (primary N) is 1. The van der Waals surface area contributed by atoms with Gasteiger partial charge in [-0.15, -0.1) is 0 Å². The Morgan fingerprint density at radius 2 is 2.46 bits per heavy atom. The summed E-state index contributed by atoms with van der Waals surface area (Å²) in [6.45, 7) is 3.12. The van der Waals surface area contributed by atoms with Gasteiger partial charge in [-0.1, -0.05) is 0 Å². The van der Waals surface area contributed by atoms with Crippen LogP contribution in [0.3, 0.4) is 0 Å². The Bertz CT molecular complexity index is 255. The van der Waals surface area contributed by atoms with Crippen LogP contribution in [0.25, 0.3) is 0 Å². The highest BCUT2D eigenvalue weighted by atomic mass is 15.3. The summed E-state index contributed by atoms with van der Waals surface area (Å²) in [4.78, 5) is 0. The van der Waals surface area contributed by atoms with E-state index in [-0.39, 0.29) is 6.04 Å². The van der Waals surface area contributed by atoms with E-state index in [0.717, 1.165) is 18.9 Å². The fourth-order valence-corrected chi connectivity index (χ4v) is 1.55. The number of rotatable bonds is 4. The summed E-state index contributed by atoms with van der Waals surface area (Å²) in [5.41, 5.74) is 6.97.